The lowest BCUT2D eigenvalue weighted by Crippen LogP contribution is -2.49. The molecule has 0 atom stereocenters. The van der Waals surface area contributed by atoms with Crippen LogP contribution in [0.25, 0.3) is 0 Å². The summed E-state index contributed by atoms with van der Waals surface area (Å²) in [7, 11) is 0. The second-order valence-corrected chi connectivity index (χ2v) is 6.73. The molecule has 1 fully saturated rings. The average molecular weight is 356 g/mol. The molecule has 2 aromatic rings. The lowest BCUT2D eigenvalue weighted by Gasteiger charge is -2.34. The first kappa shape index (κ1) is 18.5. The zero-order chi connectivity index (χ0) is 18.4. The highest BCUT2D eigenvalue weighted by Crippen LogP contribution is 2.09. The van der Waals surface area contributed by atoms with Crippen LogP contribution < -0.4 is 5.32 Å². The second kappa shape index (κ2) is 8.87. The predicted octanol–water partition coefficient (Wildman–Crippen LogP) is 1.96. The molecule has 1 aliphatic rings. The van der Waals surface area contributed by atoms with Crippen LogP contribution in [0.2, 0.25) is 0 Å². The molecule has 0 aliphatic carbocycles. The summed E-state index contributed by atoms with van der Waals surface area (Å²) in [5.74, 6) is -0.259. The topological polar surface area (TPSA) is 48.5 Å². The fraction of sp³-hybridized carbons (Fsp3) is 0.400. The third kappa shape index (κ3) is 5.34. The highest BCUT2D eigenvalue weighted by atomic mass is 19.1. The molecule has 3 rings (SSSR count). The standard InChI is InChI=1S/C20H25FN4O/c1-16-5-6-17(12-19(16)21)13-23-20(26)15-25-10-8-24(9-11-25)14-18-4-2-3-7-22-18/h2-7,12H,8-11,13-15H2,1H3,(H,23,26). The fourth-order valence-electron chi connectivity index (χ4n) is 3.03. The van der Waals surface area contributed by atoms with Gasteiger partial charge in [-0.3, -0.25) is 19.6 Å². The summed E-state index contributed by atoms with van der Waals surface area (Å²) in [6.45, 7) is 6.88. The molecular formula is C20H25FN4O. The maximum absolute atomic E-state index is 13.5. The van der Waals surface area contributed by atoms with E-state index in [0.717, 1.165) is 44.0 Å². The lowest BCUT2D eigenvalue weighted by molar-refractivity contribution is -0.122. The first-order valence-electron chi connectivity index (χ1n) is 8.96. The van der Waals surface area contributed by atoms with Crippen molar-refractivity contribution in [3.63, 3.8) is 0 Å². The van der Waals surface area contributed by atoms with Crippen molar-refractivity contribution < 1.29 is 9.18 Å². The number of hydrogen-bond donors (Lipinski definition) is 1. The molecule has 0 unspecified atom stereocenters. The molecule has 1 amide bonds. The Bertz CT molecular complexity index is 730. The largest absolute Gasteiger partial charge is 0.351 e. The summed E-state index contributed by atoms with van der Waals surface area (Å²) in [5, 5.41) is 2.87. The van der Waals surface area contributed by atoms with Crippen LogP contribution in [0.4, 0.5) is 4.39 Å². The minimum atomic E-state index is -0.235. The van der Waals surface area contributed by atoms with Gasteiger partial charge in [-0.05, 0) is 36.2 Å². The number of amides is 1. The molecule has 6 heteroatoms. The second-order valence-electron chi connectivity index (χ2n) is 6.73. The van der Waals surface area contributed by atoms with Crippen LogP contribution in [0.1, 0.15) is 16.8 Å². The van der Waals surface area contributed by atoms with Crippen LogP contribution in [0.5, 0.6) is 0 Å². The normalized spacial score (nSPS) is 15.8. The number of nitrogens with zero attached hydrogens (tertiary/aromatic N) is 3. The van der Waals surface area contributed by atoms with E-state index in [-0.39, 0.29) is 11.7 Å². The lowest BCUT2D eigenvalue weighted by atomic mass is 10.1. The molecule has 0 spiro atoms. The van der Waals surface area contributed by atoms with E-state index in [1.165, 1.54) is 6.07 Å². The Morgan fingerprint density at radius 3 is 2.62 bits per heavy atom. The van der Waals surface area contributed by atoms with Gasteiger partial charge < -0.3 is 5.32 Å². The molecule has 1 saturated heterocycles. The Hall–Kier alpha value is -2.31. The fourth-order valence-corrected chi connectivity index (χ4v) is 3.03. The van der Waals surface area contributed by atoms with Crippen molar-refractivity contribution >= 4 is 5.91 Å². The van der Waals surface area contributed by atoms with Gasteiger partial charge in [-0.15, -0.1) is 0 Å². The van der Waals surface area contributed by atoms with Crippen LogP contribution in [0, 0.1) is 12.7 Å². The van der Waals surface area contributed by atoms with Gasteiger partial charge in [0.05, 0.1) is 12.2 Å². The van der Waals surface area contributed by atoms with Crippen LogP contribution in [0.15, 0.2) is 42.6 Å². The molecule has 2 heterocycles. The van der Waals surface area contributed by atoms with E-state index in [1.54, 1.807) is 13.0 Å². The first-order chi connectivity index (χ1) is 12.6. The van der Waals surface area contributed by atoms with Gasteiger partial charge in [0.1, 0.15) is 5.82 Å². The average Bonchev–Trinajstić information content (AvgIpc) is 2.65. The van der Waals surface area contributed by atoms with E-state index in [9.17, 15) is 9.18 Å². The van der Waals surface area contributed by atoms with Crippen molar-refractivity contribution in [1.29, 1.82) is 0 Å². The van der Waals surface area contributed by atoms with Crippen LogP contribution in [0.3, 0.4) is 0 Å². The van der Waals surface area contributed by atoms with Gasteiger partial charge in [0.25, 0.3) is 0 Å². The Morgan fingerprint density at radius 2 is 1.92 bits per heavy atom. The highest BCUT2D eigenvalue weighted by Gasteiger charge is 2.19. The van der Waals surface area contributed by atoms with Crippen LogP contribution in [-0.2, 0) is 17.9 Å². The quantitative estimate of drug-likeness (QED) is 0.860. The molecule has 1 aromatic carbocycles. The van der Waals surface area contributed by atoms with Crippen molar-refractivity contribution in [2.75, 3.05) is 32.7 Å². The number of aryl methyl sites for hydroxylation is 1. The number of nitrogens with one attached hydrogen (secondary N) is 1. The van der Waals surface area contributed by atoms with Crippen molar-refractivity contribution in [3.8, 4) is 0 Å². The molecule has 0 bridgehead atoms. The maximum Gasteiger partial charge on any atom is 0.234 e. The van der Waals surface area contributed by atoms with E-state index >= 15 is 0 Å². The number of benzene rings is 1. The number of carbonyl (C=O) groups is 1. The highest BCUT2D eigenvalue weighted by molar-refractivity contribution is 5.78. The van der Waals surface area contributed by atoms with Gasteiger partial charge in [0.2, 0.25) is 5.91 Å². The molecule has 1 N–H and O–H groups in total. The van der Waals surface area contributed by atoms with Gasteiger partial charge in [-0.2, -0.15) is 0 Å². The molecular weight excluding hydrogens is 331 g/mol. The summed E-state index contributed by atoms with van der Waals surface area (Å²) < 4.78 is 13.5. The SMILES string of the molecule is Cc1ccc(CNC(=O)CN2CCN(Cc3ccccn3)CC2)cc1F. The summed E-state index contributed by atoms with van der Waals surface area (Å²) >= 11 is 0. The van der Waals surface area contributed by atoms with Crippen LogP contribution in [-0.4, -0.2) is 53.4 Å². The van der Waals surface area contributed by atoms with Gasteiger partial charge in [0.15, 0.2) is 0 Å². The predicted molar refractivity (Wildman–Crippen MR) is 98.9 cm³/mol. The third-order valence-electron chi connectivity index (χ3n) is 4.67. The minimum Gasteiger partial charge on any atom is -0.351 e. The van der Waals surface area contributed by atoms with Gasteiger partial charge in [-0.1, -0.05) is 18.2 Å². The van der Waals surface area contributed by atoms with Crippen molar-refractivity contribution in [1.82, 2.24) is 20.1 Å². The number of piperazine rings is 1. The van der Waals surface area contributed by atoms with E-state index < -0.39 is 0 Å². The number of hydrogen-bond acceptors (Lipinski definition) is 4. The van der Waals surface area contributed by atoms with E-state index in [0.29, 0.717) is 18.7 Å². The zero-order valence-electron chi connectivity index (χ0n) is 15.1. The van der Waals surface area contributed by atoms with E-state index in [2.05, 4.69) is 20.1 Å². The van der Waals surface area contributed by atoms with Gasteiger partial charge >= 0.3 is 0 Å². The number of carbonyl (C=O) groups excluding carboxylic acids is 1. The summed E-state index contributed by atoms with van der Waals surface area (Å²) in [6.07, 6.45) is 1.82. The number of halogens is 1. The Kier molecular flexibility index (Phi) is 6.30. The molecule has 1 aliphatic heterocycles. The van der Waals surface area contributed by atoms with Crippen molar-refractivity contribution in [3.05, 3.63) is 65.2 Å². The van der Waals surface area contributed by atoms with Crippen molar-refractivity contribution in [2.24, 2.45) is 0 Å². The Balaban J connectivity index is 1.38. The zero-order valence-corrected chi connectivity index (χ0v) is 15.1. The summed E-state index contributed by atoms with van der Waals surface area (Å²) in [5.41, 5.74) is 2.47. The molecule has 5 nitrogen and oxygen atoms in total. The third-order valence-corrected chi connectivity index (χ3v) is 4.67. The monoisotopic (exact) mass is 356 g/mol. The smallest absolute Gasteiger partial charge is 0.234 e. The Morgan fingerprint density at radius 1 is 1.15 bits per heavy atom. The summed E-state index contributed by atoms with van der Waals surface area (Å²) in [4.78, 5) is 21.0. The molecule has 138 valence electrons. The molecule has 0 saturated carbocycles. The summed E-state index contributed by atoms with van der Waals surface area (Å²) in [6, 6.07) is 11.0. The number of aromatic nitrogens is 1. The van der Waals surface area contributed by atoms with E-state index in [4.69, 9.17) is 0 Å². The van der Waals surface area contributed by atoms with Crippen LogP contribution >= 0.6 is 0 Å². The number of rotatable bonds is 6. The first-order valence-corrected chi connectivity index (χ1v) is 8.96. The van der Waals surface area contributed by atoms with Gasteiger partial charge in [-0.25, -0.2) is 4.39 Å². The maximum atomic E-state index is 13.5. The Labute approximate surface area is 153 Å². The number of pyridine rings is 1. The van der Waals surface area contributed by atoms with Crippen molar-refractivity contribution in [2.45, 2.75) is 20.0 Å². The van der Waals surface area contributed by atoms with Gasteiger partial charge in [0, 0.05) is 45.5 Å². The molecule has 26 heavy (non-hydrogen) atoms. The molecule has 1 aromatic heterocycles. The molecule has 0 radical (unpaired) electrons. The minimum absolute atomic E-state index is 0.0239. The van der Waals surface area contributed by atoms with E-state index in [1.807, 2.05) is 30.5 Å².